The maximum absolute atomic E-state index is 5.58. The molecule has 0 aliphatic carbocycles. The van der Waals surface area contributed by atoms with Gasteiger partial charge in [-0.2, -0.15) is 0 Å². The zero-order chi connectivity index (χ0) is 11.8. The fourth-order valence-corrected chi connectivity index (χ4v) is 1.46. The highest BCUT2D eigenvalue weighted by Crippen LogP contribution is 2.25. The summed E-state index contributed by atoms with van der Waals surface area (Å²) in [5, 5.41) is 0. The number of allylic oxidation sites excluding steroid dienone is 1. The van der Waals surface area contributed by atoms with Crippen molar-refractivity contribution in [2.75, 3.05) is 13.2 Å². The summed E-state index contributed by atoms with van der Waals surface area (Å²) < 4.78 is 11.2. The minimum Gasteiger partial charge on any atom is -0.493 e. The molecule has 1 aromatic carbocycles. The number of benzene rings is 1. The first-order valence-corrected chi connectivity index (χ1v) is 5.81. The van der Waals surface area contributed by atoms with Gasteiger partial charge in [-0.15, -0.1) is 6.58 Å². The van der Waals surface area contributed by atoms with Gasteiger partial charge in [0.15, 0.2) is 0 Å². The van der Waals surface area contributed by atoms with Gasteiger partial charge >= 0.3 is 0 Å². The molecule has 0 atom stereocenters. The Morgan fingerprint density at radius 2 is 2.06 bits per heavy atom. The predicted molar refractivity (Wildman–Crippen MR) is 67.3 cm³/mol. The monoisotopic (exact) mass is 220 g/mol. The van der Waals surface area contributed by atoms with Crippen molar-refractivity contribution in [2.24, 2.45) is 0 Å². The molecule has 1 aromatic rings. The zero-order valence-electron chi connectivity index (χ0n) is 10.2. The van der Waals surface area contributed by atoms with E-state index >= 15 is 0 Å². The van der Waals surface area contributed by atoms with Gasteiger partial charge in [0.2, 0.25) is 0 Å². The van der Waals surface area contributed by atoms with Crippen molar-refractivity contribution in [1.29, 1.82) is 0 Å². The lowest BCUT2D eigenvalue weighted by Gasteiger charge is -2.11. The molecule has 0 saturated heterocycles. The normalized spacial score (nSPS) is 9.88. The van der Waals surface area contributed by atoms with Crippen molar-refractivity contribution in [1.82, 2.24) is 0 Å². The Labute approximate surface area is 97.9 Å². The first kappa shape index (κ1) is 12.6. The Balaban J connectivity index is 2.83. The second-order valence-electron chi connectivity index (χ2n) is 3.54. The molecule has 0 aliphatic heterocycles. The average Bonchev–Trinajstić information content (AvgIpc) is 2.30. The molecule has 0 amide bonds. The molecule has 0 heterocycles. The van der Waals surface area contributed by atoms with Gasteiger partial charge in [-0.25, -0.2) is 0 Å². The molecule has 0 aromatic heterocycles. The maximum atomic E-state index is 5.58. The van der Waals surface area contributed by atoms with Crippen molar-refractivity contribution < 1.29 is 9.47 Å². The summed E-state index contributed by atoms with van der Waals surface area (Å²) in [5.74, 6) is 1.77. The molecule has 0 aliphatic rings. The van der Waals surface area contributed by atoms with Crippen LogP contribution in [0.4, 0.5) is 0 Å². The van der Waals surface area contributed by atoms with Gasteiger partial charge in [-0.1, -0.05) is 19.1 Å². The molecule has 2 heteroatoms. The van der Waals surface area contributed by atoms with E-state index in [4.69, 9.17) is 9.47 Å². The highest BCUT2D eigenvalue weighted by molar-refractivity contribution is 5.41. The van der Waals surface area contributed by atoms with E-state index in [-0.39, 0.29) is 0 Å². The minimum absolute atomic E-state index is 0.668. The summed E-state index contributed by atoms with van der Waals surface area (Å²) in [6.45, 7) is 9.23. The fourth-order valence-electron chi connectivity index (χ4n) is 1.46. The van der Waals surface area contributed by atoms with E-state index in [0.29, 0.717) is 6.61 Å². The summed E-state index contributed by atoms with van der Waals surface area (Å²) in [5.41, 5.74) is 1.15. The van der Waals surface area contributed by atoms with Crippen LogP contribution >= 0.6 is 0 Å². The number of rotatable bonds is 7. The molecular formula is C14H20O2. The molecule has 0 spiro atoms. The van der Waals surface area contributed by atoms with Gasteiger partial charge in [-0.05, 0) is 31.4 Å². The Kier molecular flexibility index (Phi) is 5.48. The molecule has 0 unspecified atom stereocenters. The van der Waals surface area contributed by atoms with Gasteiger partial charge in [0.05, 0.1) is 13.2 Å². The SMILES string of the molecule is C=CCc1ccc(OCCC)cc1OCC. The van der Waals surface area contributed by atoms with Crippen LogP contribution in [0.2, 0.25) is 0 Å². The molecule has 0 radical (unpaired) electrons. The van der Waals surface area contributed by atoms with E-state index in [1.165, 1.54) is 0 Å². The van der Waals surface area contributed by atoms with Crippen LogP contribution in [-0.4, -0.2) is 13.2 Å². The summed E-state index contributed by atoms with van der Waals surface area (Å²) >= 11 is 0. The number of hydrogen-bond donors (Lipinski definition) is 0. The second-order valence-corrected chi connectivity index (χ2v) is 3.54. The molecule has 2 nitrogen and oxygen atoms in total. The maximum Gasteiger partial charge on any atom is 0.126 e. The van der Waals surface area contributed by atoms with Crippen LogP contribution in [-0.2, 0) is 6.42 Å². The van der Waals surface area contributed by atoms with Gasteiger partial charge in [0.1, 0.15) is 11.5 Å². The molecule has 0 N–H and O–H groups in total. The molecular weight excluding hydrogens is 200 g/mol. The quantitative estimate of drug-likeness (QED) is 0.654. The largest absolute Gasteiger partial charge is 0.493 e. The van der Waals surface area contributed by atoms with Gasteiger partial charge < -0.3 is 9.47 Å². The minimum atomic E-state index is 0.668. The van der Waals surface area contributed by atoms with Crippen molar-refractivity contribution >= 4 is 0 Å². The van der Waals surface area contributed by atoms with E-state index in [1.807, 2.05) is 31.2 Å². The van der Waals surface area contributed by atoms with Crippen molar-refractivity contribution in [2.45, 2.75) is 26.7 Å². The third kappa shape index (κ3) is 3.61. The van der Waals surface area contributed by atoms with E-state index in [1.54, 1.807) is 0 Å². The smallest absolute Gasteiger partial charge is 0.126 e. The Morgan fingerprint density at radius 3 is 2.69 bits per heavy atom. The Bertz CT molecular complexity index is 332. The van der Waals surface area contributed by atoms with Gasteiger partial charge in [0.25, 0.3) is 0 Å². The van der Waals surface area contributed by atoms with Gasteiger partial charge in [-0.3, -0.25) is 0 Å². The highest BCUT2D eigenvalue weighted by atomic mass is 16.5. The van der Waals surface area contributed by atoms with Crippen LogP contribution < -0.4 is 9.47 Å². The average molecular weight is 220 g/mol. The van der Waals surface area contributed by atoms with E-state index < -0.39 is 0 Å². The molecule has 0 bridgehead atoms. The lowest BCUT2D eigenvalue weighted by Crippen LogP contribution is -1.99. The zero-order valence-corrected chi connectivity index (χ0v) is 10.2. The lowest BCUT2D eigenvalue weighted by molar-refractivity contribution is 0.308. The molecule has 16 heavy (non-hydrogen) atoms. The predicted octanol–water partition coefficient (Wildman–Crippen LogP) is 3.60. The van der Waals surface area contributed by atoms with Crippen molar-refractivity contribution in [3.8, 4) is 11.5 Å². The van der Waals surface area contributed by atoms with Crippen LogP contribution in [0.5, 0.6) is 11.5 Å². The number of hydrogen-bond acceptors (Lipinski definition) is 2. The van der Waals surface area contributed by atoms with Crippen LogP contribution in [0.25, 0.3) is 0 Å². The standard InChI is InChI=1S/C14H20O2/c1-4-7-12-8-9-13(16-10-5-2)11-14(12)15-6-3/h4,8-9,11H,1,5-7,10H2,2-3H3. The first-order valence-electron chi connectivity index (χ1n) is 5.81. The van der Waals surface area contributed by atoms with Crippen LogP contribution in [0, 0.1) is 0 Å². The number of ether oxygens (including phenoxy) is 2. The third-order valence-electron chi connectivity index (χ3n) is 2.18. The van der Waals surface area contributed by atoms with E-state index in [2.05, 4.69) is 13.5 Å². The van der Waals surface area contributed by atoms with Crippen LogP contribution in [0.15, 0.2) is 30.9 Å². The molecule has 1 rings (SSSR count). The van der Waals surface area contributed by atoms with Crippen molar-refractivity contribution in [3.63, 3.8) is 0 Å². The topological polar surface area (TPSA) is 18.5 Å². The van der Waals surface area contributed by atoms with Crippen molar-refractivity contribution in [3.05, 3.63) is 36.4 Å². The fraction of sp³-hybridized carbons (Fsp3) is 0.429. The summed E-state index contributed by atoms with van der Waals surface area (Å²) in [4.78, 5) is 0. The highest BCUT2D eigenvalue weighted by Gasteiger charge is 2.04. The lowest BCUT2D eigenvalue weighted by atomic mass is 10.1. The van der Waals surface area contributed by atoms with E-state index in [0.717, 1.165) is 36.5 Å². The summed E-state index contributed by atoms with van der Waals surface area (Å²) in [6.07, 6.45) is 3.71. The van der Waals surface area contributed by atoms with Gasteiger partial charge in [0, 0.05) is 6.07 Å². The molecule has 0 fully saturated rings. The Hall–Kier alpha value is -1.44. The summed E-state index contributed by atoms with van der Waals surface area (Å²) in [7, 11) is 0. The second kappa shape index (κ2) is 6.94. The molecule has 0 saturated carbocycles. The van der Waals surface area contributed by atoms with Crippen LogP contribution in [0.3, 0.4) is 0 Å². The third-order valence-corrected chi connectivity index (χ3v) is 2.18. The van der Waals surface area contributed by atoms with E-state index in [9.17, 15) is 0 Å². The van der Waals surface area contributed by atoms with Crippen LogP contribution in [0.1, 0.15) is 25.8 Å². The molecule has 88 valence electrons. The summed E-state index contributed by atoms with van der Waals surface area (Å²) in [6, 6.07) is 5.98. The Morgan fingerprint density at radius 1 is 1.25 bits per heavy atom. The first-order chi connectivity index (χ1) is 7.81.